The summed E-state index contributed by atoms with van der Waals surface area (Å²) < 4.78 is 82.3. The Morgan fingerprint density at radius 2 is 1.72 bits per heavy atom. The zero-order valence-corrected chi connectivity index (χ0v) is 24.9. The Hall–Kier alpha value is -3.56. The minimum absolute atomic E-state index is 0.00880. The van der Waals surface area contributed by atoms with Gasteiger partial charge in [0.25, 0.3) is 5.91 Å². The molecule has 0 spiro atoms. The summed E-state index contributed by atoms with van der Waals surface area (Å²) in [4.78, 5) is 55.7. The van der Waals surface area contributed by atoms with Crippen molar-refractivity contribution in [3.05, 3.63) is 29.6 Å². The molecule has 4 amide bonds. The summed E-state index contributed by atoms with van der Waals surface area (Å²) in [6, 6.07) is -3.60. The largest absolute Gasteiger partial charge is 0.389 e. The minimum atomic E-state index is -4.72. The number of likely N-dealkylation sites (tertiary alicyclic amines) is 2. The van der Waals surface area contributed by atoms with Crippen LogP contribution >= 0.6 is 0 Å². The molecule has 46 heavy (non-hydrogen) atoms. The molecule has 1 aromatic rings. The Morgan fingerprint density at radius 3 is 2.30 bits per heavy atom. The van der Waals surface area contributed by atoms with Crippen LogP contribution in [0.2, 0.25) is 0 Å². The highest BCUT2D eigenvalue weighted by Crippen LogP contribution is 2.43. The molecule has 4 N–H and O–H groups in total. The lowest BCUT2D eigenvalue weighted by Crippen LogP contribution is -2.59. The van der Waals surface area contributed by atoms with Crippen LogP contribution in [0, 0.1) is 35.2 Å². The second-order valence-corrected chi connectivity index (χ2v) is 12.6. The van der Waals surface area contributed by atoms with Gasteiger partial charge in [-0.3, -0.25) is 19.2 Å². The number of nitrogens with zero attached hydrogens (tertiary/aromatic N) is 2. The second-order valence-electron chi connectivity index (χ2n) is 12.6. The highest BCUT2D eigenvalue weighted by molar-refractivity contribution is 5.93. The van der Waals surface area contributed by atoms with Crippen molar-refractivity contribution in [2.45, 2.75) is 81.8 Å². The van der Waals surface area contributed by atoms with Crippen molar-refractivity contribution in [3.8, 4) is 0 Å². The number of carbonyl (C=O) groups excluding carboxylic acids is 4. The number of halogens is 6. The van der Waals surface area contributed by atoms with Gasteiger partial charge in [-0.15, -0.1) is 0 Å². The number of nitrogens with one attached hydrogen (secondary N) is 3. The molecule has 0 radical (unpaired) electrons. The topological polar surface area (TPSA) is 131 Å². The summed E-state index contributed by atoms with van der Waals surface area (Å²) in [7, 11) is 0. The summed E-state index contributed by atoms with van der Waals surface area (Å²) in [5.41, 5.74) is -0.982. The van der Waals surface area contributed by atoms with E-state index < -0.39 is 95.9 Å². The van der Waals surface area contributed by atoms with Crippen LogP contribution in [0.25, 0.3) is 0 Å². The summed E-state index contributed by atoms with van der Waals surface area (Å²) in [5, 5.41) is 18.6. The number of anilines is 1. The van der Waals surface area contributed by atoms with Crippen molar-refractivity contribution >= 4 is 29.3 Å². The number of hydrogen-bond donors (Lipinski definition) is 4. The van der Waals surface area contributed by atoms with E-state index in [1.165, 1.54) is 4.90 Å². The molecule has 254 valence electrons. The third-order valence-corrected chi connectivity index (χ3v) is 9.61. The first-order chi connectivity index (χ1) is 21.7. The van der Waals surface area contributed by atoms with E-state index in [1.807, 2.05) is 0 Å². The van der Waals surface area contributed by atoms with Gasteiger partial charge in [-0.25, -0.2) is 13.2 Å². The van der Waals surface area contributed by atoms with Gasteiger partial charge in [-0.05, 0) is 50.4 Å². The van der Waals surface area contributed by atoms with Crippen LogP contribution in [-0.4, -0.2) is 95.1 Å². The van der Waals surface area contributed by atoms with Crippen molar-refractivity contribution in [1.82, 2.24) is 20.4 Å². The predicted octanol–water partition coefficient (Wildman–Crippen LogP) is 2.46. The molecule has 3 aliphatic heterocycles. The molecule has 0 aromatic heterocycles. The SMILES string of the molecule is O=C(NC(C[C@@H]1CCNC1=O)C(O)C(=O)N1CCC1)C1[C@H]2CCCC2CN1C(=O)C(CCC(F)(F)F)Nc1c(F)cc(F)cc1F. The van der Waals surface area contributed by atoms with Crippen molar-refractivity contribution < 1.29 is 50.6 Å². The number of alkyl halides is 3. The molecule has 3 saturated heterocycles. The molecule has 1 saturated carbocycles. The van der Waals surface area contributed by atoms with Gasteiger partial charge in [-0.2, -0.15) is 13.2 Å². The smallest absolute Gasteiger partial charge is 0.381 e. The van der Waals surface area contributed by atoms with Gasteiger partial charge in [0.1, 0.15) is 23.6 Å². The Kier molecular flexibility index (Phi) is 10.0. The number of rotatable bonds is 11. The van der Waals surface area contributed by atoms with Crippen LogP contribution < -0.4 is 16.0 Å². The molecule has 1 aliphatic carbocycles. The van der Waals surface area contributed by atoms with Crippen molar-refractivity contribution in [3.63, 3.8) is 0 Å². The lowest BCUT2D eigenvalue weighted by atomic mass is 9.91. The molecule has 3 heterocycles. The summed E-state index contributed by atoms with van der Waals surface area (Å²) in [5.74, 6) is -8.02. The van der Waals surface area contributed by atoms with Crippen molar-refractivity contribution in [2.75, 3.05) is 31.5 Å². The number of benzene rings is 1. The molecule has 5 unspecified atom stereocenters. The van der Waals surface area contributed by atoms with E-state index >= 15 is 0 Å². The maximum atomic E-state index is 14.5. The van der Waals surface area contributed by atoms with Crippen LogP contribution in [0.3, 0.4) is 0 Å². The average Bonchev–Trinajstić information content (AvgIpc) is 3.65. The first-order valence-corrected chi connectivity index (χ1v) is 15.6. The van der Waals surface area contributed by atoms with Gasteiger partial charge in [0.15, 0.2) is 17.7 Å². The van der Waals surface area contributed by atoms with Gasteiger partial charge in [0.05, 0.1) is 6.04 Å². The second kappa shape index (κ2) is 13.7. The van der Waals surface area contributed by atoms with Gasteiger partial charge >= 0.3 is 6.18 Å². The summed E-state index contributed by atoms with van der Waals surface area (Å²) in [6.45, 7) is 1.23. The van der Waals surface area contributed by atoms with Gasteiger partial charge in [0.2, 0.25) is 17.7 Å². The summed E-state index contributed by atoms with van der Waals surface area (Å²) in [6.07, 6.45) is -5.87. The molecule has 4 aliphatic rings. The van der Waals surface area contributed by atoms with Crippen molar-refractivity contribution in [2.24, 2.45) is 17.8 Å². The Balaban J connectivity index is 1.40. The van der Waals surface area contributed by atoms with Crippen LogP contribution in [0.15, 0.2) is 12.1 Å². The van der Waals surface area contributed by atoms with E-state index in [9.17, 15) is 50.6 Å². The molecule has 5 rings (SSSR count). The monoisotopic (exact) mass is 661 g/mol. The van der Waals surface area contributed by atoms with E-state index in [2.05, 4.69) is 16.0 Å². The zero-order valence-electron chi connectivity index (χ0n) is 24.9. The third kappa shape index (κ3) is 7.36. The van der Waals surface area contributed by atoms with E-state index in [0.717, 1.165) is 17.7 Å². The number of aliphatic hydroxyl groups excluding tert-OH is 1. The fourth-order valence-electron chi connectivity index (χ4n) is 7.10. The van der Waals surface area contributed by atoms with E-state index in [1.54, 1.807) is 0 Å². The van der Waals surface area contributed by atoms with Gasteiger partial charge in [-0.1, -0.05) is 6.42 Å². The Labute approximate surface area is 261 Å². The van der Waals surface area contributed by atoms with Gasteiger partial charge in [0, 0.05) is 50.7 Å². The lowest BCUT2D eigenvalue weighted by Gasteiger charge is -2.36. The van der Waals surface area contributed by atoms with Crippen molar-refractivity contribution in [1.29, 1.82) is 0 Å². The Morgan fingerprint density at radius 1 is 1.02 bits per heavy atom. The highest BCUT2D eigenvalue weighted by atomic mass is 19.4. The van der Waals surface area contributed by atoms with E-state index in [0.29, 0.717) is 51.0 Å². The van der Waals surface area contributed by atoms with Crippen LogP contribution in [0.5, 0.6) is 0 Å². The standard InChI is InChI=1S/C30H37F6N5O5/c31-17-12-19(32)23(20(33)13-17)38-21(5-7-30(34,35)36)28(45)41-14-16-3-1-4-18(16)24(41)27(44)39-22(11-15-6-8-37-26(15)43)25(42)29(46)40-9-2-10-40/h12-13,15-16,18,21-22,24-25,38,42H,1-11,14H2,(H,37,43)(H,39,44)/t15-,16?,18-,21?,22?,24?,25?/m0/s1. The number of amides is 4. The predicted molar refractivity (Wildman–Crippen MR) is 150 cm³/mol. The van der Waals surface area contributed by atoms with E-state index in [4.69, 9.17) is 0 Å². The minimum Gasteiger partial charge on any atom is -0.381 e. The normalized spacial score (nSPS) is 26.2. The molecule has 16 heteroatoms. The molecule has 7 atom stereocenters. The third-order valence-electron chi connectivity index (χ3n) is 9.61. The molecule has 10 nitrogen and oxygen atoms in total. The van der Waals surface area contributed by atoms with Crippen LogP contribution in [-0.2, 0) is 19.2 Å². The van der Waals surface area contributed by atoms with Crippen LogP contribution in [0.4, 0.5) is 32.0 Å². The molecular formula is C30H37F6N5O5. The quantitative estimate of drug-likeness (QED) is 0.270. The zero-order chi connectivity index (χ0) is 33.3. The highest BCUT2D eigenvalue weighted by Gasteiger charge is 2.51. The van der Waals surface area contributed by atoms with E-state index in [-0.39, 0.29) is 24.8 Å². The molecular weight excluding hydrogens is 624 g/mol. The molecule has 0 bridgehead atoms. The fraction of sp³-hybridized carbons (Fsp3) is 0.667. The number of aliphatic hydroxyl groups is 1. The van der Waals surface area contributed by atoms with Gasteiger partial charge < -0.3 is 30.9 Å². The number of carbonyl (C=O) groups is 4. The fourth-order valence-corrected chi connectivity index (χ4v) is 7.10. The first-order valence-electron chi connectivity index (χ1n) is 15.6. The Bertz CT molecular complexity index is 1320. The molecule has 4 fully saturated rings. The number of fused-ring (bicyclic) bond motifs is 1. The lowest BCUT2D eigenvalue weighted by molar-refractivity contribution is -0.148. The maximum absolute atomic E-state index is 14.5. The average molecular weight is 662 g/mol. The van der Waals surface area contributed by atoms with Crippen LogP contribution in [0.1, 0.15) is 51.4 Å². The first kappa shape index (κ1) is 33.8. The maximum Gasteiger partial charge on any atom is 0.389 e. The summed E-state index contributed by atoms with van der Waals surface area (Å²) >= 11 is 0. The number of hydrogen-bond acceptors (Lipinski definition) is 6. The molecule has 1 aromatic carbocycles.